The van der Waals surface area contributed by atoms with Gasteiger partial charge in [-0.1, -0.05) is 6.07 Å². The lowest BCUT2D eigenvalue weighted by molar-refractivity contribution is -0.142. The lowest BCUT2D eigenvalue weighted by Crippen LogP contribution is -2.08. The van der Waals surface area contributed by atoms with Crippen LogP contribution in [0.5, 0.6) is 5.75 Å². The van der Waals surface area contributed by atoms with Gasteiger partial charge in [0, 0.05) is 0 Å². The predicted molar refractivity (Wildman–Crippen MR) is 65.9 cm³/mol. The third-order valence-electron chi connectivity index (χ3n) is 1.96. The van der Waals surface area contributed by atoms with Crippen molar-refractivity contribution in [1.82, 2.24) is 0 Å². The fraction of sp³-hybridized carbons (Fsp3) is 0.273. The van der Waals surface area contributed by atoms with E-state index in [2.05, 4.69) is 0 Å². The molecule has 1 aromatic carbocycles. The molecule has 84 valence electrons. The maximum Gasteiger partial charge on any atom is 0.310 e. The highest BCUT2D eigenvalue weighted by atomic mass is 127. The van der Waals surface area contributed by atoms with Crippen LogP contribution >= 0.6 is 22.6 Å². The number of aromatic hydroxyl groups is 1. The number of phenols is 1. The number of nitriles is 1. The molecular weight excluding hydrogens is 321 g/mol. The molecule has 0 aliphatic carbocycles. The van der Waals surface area contributed by atoms with Gasteiger partial charge in [0.05, 0.1) is 22.2 Å². The van der Waals surface area contributed by atoms with E-state index in [4.69, 9.17) is 10.00 Å². The molecule has 0 unspecified atom stereocenters. The molecular formula is C11H10INO3. The topological polar surface area (TPSA) is 70.3 Å². The summed E-state index contributed by atoms with van der Waals surface area (Å²) in [5.74, 6) is -0.422. The first-order valence-corrected chi connectivity index (χ1v) is 5.74. The van der Waals surface area contributed by atoms with E-state index in [0.717, 1.165) is 0 Å². The number of carbonyl (C=O) groups excluding carboxylic acids is 1. The van der Waals surface area contributed by atoms with Crippen molar-refractivity contribution in [2.45, 2.75) is 13.3 Å². The SMILES string of the molecule is CCOC(=O)Cc1ccc(C#N)c(O)c1I. The van der Waals surface area contributed by atoms with E-state index in [1.54, 1.807) is 13.0 Å². The summed E-state index contributed by atoms with van der Waals surface area (Å²) in [4.78, 5) is 11.3. The van der Waals surface area contributed by atoms with Gasteiger partial charge in [0.25, 0.3) is 0 Å². The lowest BCUT2D eigenvalue weighted by Gasteiger charge is -2.07. The quantitative estimate of drug-likeness (QED) is 0.679. The number of phenolic OH excluding ortho intramolecular Hbond substituents is 1. The molecule has 0 atom stereocenters. The molecule has 0 aliphatic heterocycles. The van der Waals surface area contributed by atoms with Crippen molar-refractivity contribution in [2.75, 3.05) is 6.61 Å². The summed E-state index contributed by atoms with van der Waals surface area (Å²) in [5, 5.41) is 18.3. The maximum absolute atomic E-state index is 11.3. The van der Waals surface area contributed by atoms with Gasteiger partial charge in [-0.25, -0.2) is 0 Å². The van der Waals surface area contributed by atoms with E-state index in [0.29, 0.717) is 15.7 Å². The minimum atomic E-state index is -0.343. The Labute approximate surface area is 107 Å². The molecule has 0 amide bonds. The van der Waals surface area contributed by atoms with E-state index in [1.807, 2.05) is 28.7 Å². The largest absolute Gasteiger partial charge is 0.505 e. The number of hydrogen-bond acceptors (Lipinski definition) is 4. The highest BCUT2D eigenvalue weighted by Crippen LogP contribution is 2.27. The number of ether oxygens (including phenoxy) is 1. The van der Waals surface area contributed by atoms with Crippen LogP contribution in [-0.4, -0.2) is 17.7 Å². The number of halogens is 1. The minimum Gasteiger partial charge on any atom is -0.505 e. The number of rotatable bonds is 3. The van der Waals surface area contributed by atoms with Crippen LogP contribution in [-0.2, 0) is 16.0 Å². The number of carbonyl (C=O) groups is 1. The molecule has 0 aliphatic rings. The fourth-order valence-electron chi connectivity index (χ4n) is 1.20. The molecule has 0 heterocycles. The van der Waals surface area contributed by atoms with Gasteiger partial charge in [-0.2, -0.15) is 5.26 Å². The molecule has 1 rings (SSSR count). The zero-order valence-electron chi connectivity index (χ0n) is 8.66. The second-order valence-electron chi connectivity index (χ2n) is 3.03. The summed E-state index contributed by atoms with van der Waals surface area (Å²) in [7, 11) is 0. The molecule has 16 heavy (non-hydrogen) atoms. The summed E-state index contributed by atoms with van der Waals surface area (Å²) >= 11 is 1.91. The Hall–Kier alpha value is -1.29. The lowest BCUT2D eigenvalue weighted by atomic mass is 10.1. The normalized spacial score (nSPS) is 9.56. The molecule has 0 saturated carbocycles. The second-order valence-corrected chi connectivity index (χ2v) is 4.11. The third kappa shape index (κ3) is 2.85. The van der Waals surface area contributed by atoms with Crippen LogP contribution in [0, 0.1) is 14.9 Å². The average Bonchev–Trinajstić information content (AvgIpc) is 2.25. The molecule has 0 bridgehead atoms. The number of benzene rings is 1. The van der Waals surface area contributed by atoms with Crippen LogP contribution in [0.4, 0.5) is 0 Å². The molecule has 0 aromatic heterocycles. The highest BCUT2D eigenvalue weighted by molar-refractivity contribution is 14.1. The number of nitrogens with zero attached hydrogens (tertiary/aromatic N) is 1. The Balaban J connectivity index is 2.96. The van der Waals surface area contributed by atoms with Crippen molar-refractivity contribution in [2.24, 2.45) is 0 Å². The average molecular weight is 331 g/mol. The van der Waals surface area contributed by atoms with E-state index in [-0.39, 0.29) is 23.7 Å². The van der Waals surface area contributed by atoms with E-state index < -0.39 is 0 Å². The van der Waals surface area contributed by atoms with Crippen molar-refractivity contribution in [3.63, 3.8) is 0 Å². The van der Waals surface area contributed by atoms with Gasteiger partial charge >= 0.3 is 5.97 Å². The second kappa shape index (κ2) is 5.70. The fourth-order valence-corrected chi connectivity index (χ4v) is 1.86. The Bertz CT molecular complexity index is 451. The summed E-state index contributed by atoms with van der Waals surface area (Å²) < 4.78 is 5.33. The van der Waals surface area contributed by atoms with E-state index in [1.165, 1.54) is 6.07 Å². The Morgan fingerprint density at radius 1 is 1.62 bits per heavy atom. The van der Waals surface area contributed by atoms with Gasteiger partial charge in [-0.3, -0.25) is 4.79 Å². The van der Waals surface area contributed by atoms with Crippen LogP contribution in [0.25, 0.3) is 0 Å². The molecule has 1 aromatic rings. The first kappa shape index (κ1) is 12.8. The van der Waals surface area contributed by atoms with Gasteiger partial charge in [-0.15, -0.1) is 0 Å². The van der Waals surface area contributed by atoms with Crippen LogP contribution in [0.3, 0.4) is 0 Å². The Morgan fingerprint density at radius 3 is 2.88 bits per heavy atom. The van der Waals surface area contributed by atoms with Crippen molar-refractivity contribution < 1.29 is 14.6 Å². The van der Waals surface area contributed by atoms with E-state index in [9.17, 15) is 9.90 Å². The summed E-state index contributed by atoms with van der Waals surface area (Å²) in [6, 6.07) is 5.01. The number of hydrogen-bond donors (Lipinski definition) is 1. The monoisotopic (exact) mass is 331 g/mol. The van der Waals surface area contributed by atoms with Gasteiger partial charge in [-0.05, 0) is 41.1 Å². The van der Waals surface area contributed by atoms with Crippen LogP contribution in [0.1, 0.15) is 18.1 Å². The standard InChI is InChI=1S/C11H10INO3/c1-2-16-9(14)5-7-3-4-8(6-13)11(15)10(7)12/h3-4,15H,2,5H2,1H3. The molecule has 0 saturated heterocycles. The van der Waals surface area contributed by atoms with Crippen molar-refractivity contribution in [3.05, 3.63) is 26.8 Å². The Morgan fingerprint density at radius 2 is 2.31 bits per heavy atom. The van der Waals surface area contributed by atoms with Crippen LogP contribution in [0.15, 0.2) is 12.1 Å². The third-order valence-corrected chi connectivity index (χ3v) is 3.16. The van der Waals surface area contributed by atoms with Crippen molar-refractivity contribution in [1.29, 1.82) is 5.26 Å². The van der Waals surface area contributed by atoms with Gasteiger partial charge in [0.1, 0.15) is 11.8 Å². The van der Waals surface area contributed by atoms with Crippen molar-refractivity contribution >= 4 is 28.6 Å². The first-order chi connectivity index (χ1) is 7.60. The van der Waals surface area contributed by atoms with Crippen molar-refractivity contribution in [3.8, 4) is 11.8 Å². The molecule has 1 N–H and O–H groups in total. The first-order valence-electron chi connectivity index (χ1n) is 4.66. The van der Waals surface area contributed by atoms with Gasteiger partial charge < -0.3 is 9.84 Å². The Kier molecular flexibility index (Phi) is 4.55. The van der Waals surface area contributed by atoms with Gasteiger partial charge in [0.2, 0.25) is 0 Å². The molecule has 0 radical (unpaired) electrons. The van der Waals surface area contributed by atoms with Gasteiger partial charge in [0.15, 0.2) is 0 Å². The zero-order chi connectivity index (χ0) is 12.1. The molecule has 4 nitrogen and oxygen atoms in total. The molecule has 5 heteroatoms. The summed E-state index contributed by atoms with van der Waals surface area (Å²) in [6.45, 7) is 2.07. The predicted octanol–water partition coefficient (Wildman–Crippen LogP) is 1.97. The smallest absolute Gasteiger partial charge is 0.310 e. The van der Waals surface area contributed by atoms with E-state index >= 15 is 0 Å². The summed E-state index contributed by atoms with van der Waals surface area (Å²) in [5.41, 5.74) is 0.868. The minimum absolute atomic E-state index is 0.0788. The highest BCUT2D eigenvalue weighted by Gasteiger charge is 2.13. The molecule has 0 fully saturated rings. The zero-order valence-corrected chi connectivity index (χ0v) is 10.8. The number of esters is 1. The summed E-state index contributed by atoms with van der Waals surface area (Å²) in [6.07, 6.45) is 0.103. The van der Waals surface area contributed by atoms with Crippen LogP contribution < -0.4 is 0 Å². The van der Waals surface area contributed by atoms with Crippen LogP contribution in [0.2, 0.25) is 0 Å². The maximum atomic E-state index is 11.3. The molecule has 0 spiro atoms.